The summed E-state index contributed by atoms with van der Waals surface area (Å²) in [5.41, 5.74) is 3.24. The van der Waals surface area contributed by atoms with Crippen LogP contribution in [-0.4, -0.2) is 32.3 Å². The minimum atomic E-state index is -0.831. The first-order valence-electron chi connectivity index (χ1n) is 7.84. The number of fused-ring (bicyclic) bond motifs is 1. The fourth-order valence-corrected chi connectivity index (χ4v) is 3.12. The molecule has 0 saturated heterocycles. The van der Waals surface area contributed by atoms with Crippen LogP contribution in [0.4, 0.5) is 0 Å². The highest BCUT2D eigenvalue weighted by atomic mass is 35.5. The van der Waals surface area contributed by atoms with Crippen LogP contribution in [0.3, 0.4) is 0 Å². The molecule has 1 aromatic heterocycles. The van der Waals surface area contributed by atoms with E-state index in [1.807, 2.05) is 29.2 Å². The maximum absolute atomic E-state index is 11.2. The summed E-state index contributed by atoms with van der Waals surface area (Å²) in [5, 5.41) is 14.5. The van der Waals surface area contributed by atoms with Gasteiger partial charge in [0.05, 0.1) is 12.2 Å². The molecule has 1 aliphatic rings. The second-order valence-electron chi connectivity index (χ2n) is 5.97. The van der Waals surface area contributed by atoms with Crippen LogP contribution in [0.1, 0.15) is 29.8 Å². The quantitative estimate of drug-likeness (QED) is 0.883. The summed E-state index contributed by atoms with van der Waals surface area (Å²) >= 11 is 5.90. The number of nitrogens with zero attached hydrogens (tertiary/aromatic N) is 3. The van der Waals surface area contributed by atoms with Crippen molar-refractivity contribution in [2.45, 2.75) is 38.9 Å². The van der Waals surface area contributed by atoms with Gasteiger partial charge in [0, 0.05) is 30.4 Å². The molecular formula is C17H20ClN3O2. The second-order valence-corrected chi connectivity index (χ2v) is 6.41. The fourth-order valence-electron chi connectivity index (χ4n) is 2.99. The molecule has 0 aliphatic carbocycles. The van der Waals surface area contributed by atoms with E-state index in [-0.39, 0.29) is 6.54 Å². The van der Waals surface area contributed by atoms with Crippen molar-refractivity contribution >= 4 is 17.6 Å². The predicted molar refractivity (Wildman–Crippen MR) is 88.4 cm³/mol. The van der Waals surface area contributed by atoms with Gasteiger partial charge in [0.15, 0.2) is 0 Å². The summed E-state index contributed by atoms with van der Waals surface area (Å²) < 4.78 is 2.06. The van der Waals surface area contributed by atoms with Crippen molar-refractivity contribution in [3.63, 3.8) is 0 Å². The summed E-state index contributed by atoms with van der Waals surface area (Å²) in [4.78, 5) is 13.0. The maximum atomic E-state index is 11.2. The molecule has 2 aromatic rings. The van der Waals surface area contributed by atoms with Crippen LogP contribution < -0.4 is 0 Å². The van der Waals surface area contributed by atoms with E-state index in [9.17, 15) is 4.79 Å². The van der Waals surface area contributed by atoms with E-state index in [4.69, 9.17) is 16.7 Å². The molecule has 0 amide bonds. The Morgan fingerprint density at radius 1 is 1.26 bits per heavy atom. The zero-order valence-corrected chi connectivity index (χ0v) is 13.7. The lowest BCUT2D eigenvalue weighted by atomic mass is 10.1. The third-order valence-corrected chi connectivity index (χ3v) is 4.28. The van der Waals surface area contributed by atoms with E-state index in [1.165, 1.54) is 12.1 Å². The lowest BCUT2D eigenvalue weighted by Crippen LogP contribution is -2.29. The van der Waals surface area contributed by atoms with Gasteiger partial charge in [-0.1, -0.05) is 23.7 Å². The van der Waals surface area contributed by atoms with Gasteiger partial charge in [-0.3, -0.25) is 14.4 Å². The summed E-state index contributed by atoms with van der Waals surface area (Å²) in [6.07, 6.45) is 3.43. The van der Waals surface area contributed by atoms with Gasteiger partial charge in [0.25, 0.3) is 0 Å². The number of aromatic nitrogens is 2. The van der Waals surface area contributed by atoms with Crippen LogP contribution >= 0.6 is 11.6 Å². The molecule has 1 aliphatic heterocycles. The minimum absolute atomic E-state index is 0.00911. The Labute approximate surface area is 140 Å². The van der Waals surface area contributed by atoms with Gasteiger partial charge in [0.2, 0.25) is 0 Å². The molecule has 2 heterocycles. The highest BCUT2D eigenvalue weighted by molar-refractivity contribution is 6.30. The number of rotatable bonds is 6. The number of hydrogen-bond acceptors (Lipinski definition) is 3. The zero-order valence-electron chi connectivity index (χ0n) is 12.9. The molecule has 3 rings (SSSR count). The first-order valence-corrected chi connectivity index (χ1v) is 8.22. The summed E-state index contributed by atoms with van der Waals surface area (Å²) in [7, 11) is 0. The van der Waals surface area contributed by atoms with Crippen LogP contribution in [0.15, 0.2) is 30.3 Å². The topological polar surface area (TPSA) is 58.4 Å². The van der Waals surface area contributed by atoms with E-state index in [1.54, 1.807) is 0 Å². The lowest BCUT2D eigenvalue weighted by molar-refractivity contribution is -0.138. The molecule has 0 saturated carbocycles. The van der Waals surface area contributed by atoms with Gasteiger partial charge in [0.1, 0.15) is 0 Å². The van der Waals surface area contributed by atoms with E-state index >= 15 is 0 Å². The van der Waals surface area contributed by atoms with Crippen LogP contribution in [0.25, 0.3) is 0 Å². The Morgan fingerprint density at radius 3 is 2.74 bits per heavy atom. The molecule has 0 atom stereocenters. The van der Waals surface area contributed by atoms with Crippen LogP contribution in [0.2, 0.25) is 5.02 Å². The Kier molecular flexibility index (Phi) is 4.98. The molecule has 0 bridgehead atoms. The lowest BCUT2D eigenvalue weighted by Gasteiger charge is -2.19. The van der Waals surface area contributed by atoms with Gasteiger partial charge < -0.3 is 5.11 Å². The average Bonchev–Trinajstić information content (AvgIpc) is 2.91. The SMILES string of the molecule is O=C(O)CN(Cc1ccc(Cl)cc1)Cc1cc2n(n1)CCCC2. The van der Waals surface area contributed by atoms with E-state index in [0.29, 0.717) is 18.1 Å². The molecule has 1 N–H and O–H groups in total. The van der Waals surface area contributed by atoms with Gasteiger partial charge in [-0.05, 0) is 43.0 Å². The van der Waals surface area contributed by atoms with Crippen LogP contribution in [-0.2, 0) is 30.8 Å². The Balaban J connectivity index is 1.72. The van der Waals surface area contributed by atoms with Crippen LogP contribution in [0, 0.1) is 0 Å². The summed E-state index contributed by atoms with van der Waals surface area (Å²) in [5.74, 6) is -0.831. The van der Waals surface area contributed by atoms with E-state index in [0.717, 1.165) is 30.6 Å². The molecule has 0 radical (unpaired) electrons. The minimum Gasteiger partial charge on any atom is -0.480 e. The number of aliphatic carboxylic acids is 1. The zero-order chi connectivity index (χ0) is 16.2. The Bertz CT molecular complexity index is 658. The van der Waals surface area contributed by atoms with Gasteiger partial charge in [-0.2, -0.15) is 5.10 Å². The van der Waals surface area contributed by atoms with E-state index < -0.39 is 5.97 Å². The predicted octanol–water partition coefficient (Wildman–Crippen LogP) is 2.96. The number of aryl methyl sites for hydroxylation is 2. The molecule has 0 fully saturated rings. The van der Waals surface area contributed by atoms with Crippen molar-refractivity contribution in [2.75, 3.05) is 6.54 Å². The third kappa shape index (κ3) is 4.33. The van der Waals surface area contributed by atoms with Crippen molar-refractivity contribution < 1.29 is 9.90 Å². The van der Waals surface area contributed by atoms with Gasteiger partial charge in [-0.15, -0.1) is 0 Å². The van der Waals surface area contributed by atoms with Crippen molar-refractivity contribution in [1.29, 1.82) is 0 Å². The maximum Gasteiger partial charge on any atom is 0.317 e. The fraction of sp³-hybridized carbons (Fsp3) is 0.412. The van der Waals surface area contributed by atoms with Gasteiger partial charge in [-0.25, -0.2) is 0 Å². The smallest absolute Gasteiger partial charge is 0.317 e. The summed E-state index contributed by atoms with van der Waals surface area (Å²) in [6, 6.07) is 9.61. The van der Waals surface area contributed by atoms with Crippen molar-refractivity contribution in [3.05, 3.63) is 52.3 Å². The molecule has 0 unspecified atom stereocenters. The molecule has 0 spiro atoms. The van der Waals surface area contributed by atoms with Crippen molar-refractivity contribution in [2.24, 2.45) is 0 Å². The number of halogens is 1. The molecule has 1 aromatic carbocycles. The monoisotopic (exact) mass is 333 g/mol. The second kappa shape index (κ2) is 7.15. The molecule has 122 valence electrons. The van der Waals surface area contributed by atoms with E-state index in [2.05, 4.69) is 15.8 Å². The average molecular weight is 334 g/mol. The molecular weight excluding hydrogens is 314 g/mol. The van der Waals surface area contributed by atoms with Crippen molar-refractivity contribution in [3.8, 4) is 0 Å². The number of hydrogen-bond donors (Lipinski definition) is 1. The largest absolute Gasteiger partial charge is 0.480 e. The number of carbonyl (C=O) groups is 1. The highest BCUT2D eigenvalue weighted by Crippen LogP contribution is 2.17. The Hall–Kier alpha value is -1.85. The number of carboxylic acid groups (broad SMARTS) is 1. The van der Waals surface area contributed by atoms with Crippen molar-refractivity contribution in [1.82, 2.24) is 14.7 Å². The molecule has 5 nitrogen and oxygen atoms in total. The highest BCUT2D eigenvalue weighted by Gasteiger charge is 2.16. The Morgan fingerprint density at radius 2 is 2.04 bits per heavy atom. The summed E-state index contributed by atoms with van der Waals surface area (Å²) in [6.45, 7) is 2.05. The standard InChI is InChI=1S/C17H20ClN3O2/c18-14-6-4-13(5-7-14)10-20(12-17(22)23)11-15-9-16-3-1-2-8-21(16)19-15/h4-7,9H,1-3,8,10-12H2,(H,22,23). The number of carboxylic acids is 1. The normalized spacial score (nSPS) is 14.0. The molecule has 23 heavy (non-hydrogen) atoms. The van der Waals surface area contributed by atoms with Gasteiger partial charge >= 0.3 is 5.97 Å². The molecule has 6 heteroatoms. The first kappa shape index (κ1) is 16.0. The number of benzene rings is 1. The third-order valence-electron chi connectivity index (χ3n) is 4.03. The first-order chi connectivity index (χ1) is 11.1. The van der Waals surface area contributed by atoms with Crippen LogP contribution in [0.5, 0.6) is 0 Å².